The van der Waals surface area contributed by atoms with Gasteiger partial charge >= 0.3 is 0 Å². The molecule has 9 heteroatoms. The number of benzene rings is 3. The number of aryl methyl sites for hydroxylation is 1. The molecule has 2 heterocycles. The zero-order valence-corrected chi connectivity index (χ0v) is 25.4. The lowest BCUT2D eigenvalue weighted by Crippen LogP contribution is -2.58. The van der Waals surface area contributed by atoms with E-state index in [1.54, 1.807) is 0 Å². The van der Waals surface area contributed by atoms with Crippen molar-refractivity contribution in [3.05, 3.63) is 83.4 Å². The first-order chi connectivity index (χ1) is 20.8. The number of Topliss-reactive ketones (excluding diaryl/α,β-unsaturated/α-hetero) is 1. The third-order valence-corrected chi connectivity index (χ3v) is 8.62. The summed E-state index contributed by atoms with van der Waals surface area (Å²) in [5.74, 6) is -0.944. The summed E-state index contributed by atoms with van der Waals surface area (Å²) in [4.78, 5) is 47.6. The molecule has 0 aliphatic carbocycles. The van der Waals surface area contributed by atoms with Gasteiger partial charge in [0.25, 0.3) is 11.7 Å². The van der Waals surface area contributed by atoms with Crippen LogP contribution in [0.4, 0.5) is 5.69 Å². The number of hydrogen-bond acceptors (Lipinski definition) is 7. The number of para-hydroxylation sites is 1. The van der Waals surface area contributed by atoms with Gasteiger partial charge in [0.1, 0.15) is 6.04 Å². The number of rotatable bonds is 8. The lowest BCUT2D eigenvalue weighted by molar-refractivity contribution is -0.142. The van der Waals surface area contributed by atoms with Crippen LogP contribution in [0.1, 0.15) is 40.7 Å². The Labute approximate surface area is 252 Å². The minimum atomic E-state index is -0.793. The first-order valence-electron chi connectivity index (χ1n) is 14.6. The van der Waals surface area contributed by atoms with E-state index in [2.05, 4.69) is 30.9 Å². The van der Waals surface area contributed by atoms with Crippen LogP contribution in [0.2, 0.25) is 0 Å². The second-order valence-electron chi connectivity index (χ2n) is 11.1. The molecular weight excluding hydrogens is 546 g/mol. The molecule has 0 saturated carbocycles. The fourth-order valence-electron chi connectivity index (χ4n) is 6.43. The van der Waals surface area contributed by atoms with Gasteiger partial charge in [0.15, 0.2) is 11.5 Å². The summed E-state index contributed by atoms with van der Waals surface area (Å²) in [6.07, 6.45) is 0.577. The highest BCUT2D eigenvalue weighted by molar-refractivity contribution is 6.43. The van der Waals surface area contributed by atoms with Crippen molar-refractivity contribution < 1.29 is 28.6 Å². The highest BCUT2D eigenvalue weighted by Gasteiger charge is 2.46. The summed E-state index contributed by atoms with van der Waals surface area (Å²) in [7, 11) is 4.37. The van der Waals surface area contributed by atoms with Gasteiger partial charge in [-0.05, 0) is 49.6 Å². The molecule has 2 fully saturated rings. The summed E-state index contributed by atoms with van der Waals surface area (Å²) in [6.45, 7) is 6.23. The Kier molecular flexibility index (Phi) is 8.89. The fourth-order valence-corrected chi connectivity index (χ4v) is 6.43. The third-order valence-electron chi connectivity index (χ3n) is 8.62. The quantitative estimate of drug-likeness (QED) is 0.287. The van der Waals surface area contributed by atoms with Crippen LogP contribution >= 0.6 is 0 Å². The molecular formula is C34H39N3O6. The maximum atomic E-state index is 14.3. The molecule has 3 atom stereocenters. The van der Waals surface area contributed by atoms with Crippen LogP contribution in [-0.2, 0) is 9.59 Å². The maximum absolute atomic E-state index is 14.3. The summed E-state index contributed by atoms with van der Waals surface area (Å²) in [5, 5.41) is 0. The molecule has 2 amide bonds. The Bertz CT molecular complexity index is 1470. The van der Waals surface area contributed by atoms with Crippen molar-refractivity contribution in [3.63, 3.8) is 0 Å². The van der Waals surface area contributed by atoms with Gasteiger partial charge in [-0.2, -0.15) is 0 Å². The van der Waals surface area contributed by atoms with E-state index in [-0.39, 0.29) is 34.9 Å². The number of nitrogens with zero attached hydrogens (tertiary/aromatic N) is 3. The smallest absolute Gasteiger partial charge is 0.295 e. The predicted molar refractivity (Wildman–Crippen MR) is 164 cm³/mol. The van der Waals surface area contributed by atoms with E-state index in [0.717, 1.165) is 11.3 Å². The molecule has 226 valence electrons. The Hall–Kier alpha value is -4.53. The normalized spacial score (nSPS) is 20.1. The zero-order chi connectivity index (χ0) is 30.7. The monoisotopic (exact) mass is 585 g/mol. The van der Waals surface area contributed by atoms with Crippen LogP contribution in [0, 0.1) is 6.92 Å². The molecule has 3 aromatic rings. The molecule has 2 saturated heterocycles. The van der Waals surface area contributed by atoms with Crippen LogP contribution < -0.4 is 19.1 Å². The van der Waals surface area contributed by atoms with Crippen molar-refractivity contribution in [2.24, 2.45) is 0 Å². The Balaban J connectivity index is 1.43. The van der Waals surface area contributed by atoms with Gasteiger partial charge in [0, 0.05) is 49.4 Å². The minimum absolute atomic E-state index is 0.0837. The second kappa shape index (κ2) is 12.8. The first-order valence-corrected chi connectivity index (χ1v) is 14.6. The van der Waals surface area contributed by atoms with Crippen molar-refractivity contribution in [1.82, 2.24) is 9.80 Å². The molecule has 3 aromatic carbocycles. The number of piperazine rings is 1. The van der Waals surface area contributed by atoms with Crippen LogP contribution in [0.15, 0.2) is 66.7 Å². The van der Waals surface area contributed by atoms with Crippen molar-refractivity contribution >= 4 is 23.3 Å². The molecule has 0 bridgehead atoms. The van der Waals surface area contributed by atoms with Crippen molar-refractivity contribution in [2.75, 3.05) is 52.4 Å². The van der Waals surface area contributed by atoms with Crippen LogP contribution in [0.25, 0.3) is 0 Å². The van der Waals surface area contributed by atoms with Crippen LogP contribution in [0.3, 0.4) is 0 Å². The highest BCUT2D eigenvalue weighted by Crippen LogP contribution is 2.40. The lowest BCUT2D eigenvalue weighted by atomic mass is 9.90. The number of ketones is 1. The average Bonchev–Trinajstić information content (AvgIpc) is 3.49. The van der Waals surface area contributed by atoms with E-state index in [9.17, 15) is 14.4 Å². The number of ether oxygens (including phenoxy) is 3. The summed E-state index contributed by atoms with van der Waals surface area (Å²) in [5.41, 5.74) is 3.44. The molecule has 43 heavy (non-hydrogen) atoms. The summed E-state index contributed by atoms with van der Waals surface area (Å²) >= 11 is 0. The van der Waals surface area contributed by atoms with Crippen molar-refractivity contribution in [1.29, 1.82) is 0 Å². The number of likely N-dealkylation sites (tertiary alicyclic amines) is 1. The Morgan fingerprint density at radius 2 is 1.47 bits per heavy atom. The van der Waals surface area contributed by atoms with Crippen molar-refractivity contribution in [3.8, 4) is 17.2 Å². The fraction of sp³-hybridized carbons (Fsp3) is 0.382. The van der Waals surface area contributed by atoms with E-state index < -0.39 is 17.7 Å². The molecule has 5 rings (SSSR count). The van der Waals surface area contributed by atoms with Crippen LogP contribution in [0.5, 0.6) is 17.2 Å². The zero-order valence-electron chi connectivity index (χ0n) is 25.4. The van der Waals surface area contributed by atoms with Gasteiger partial charge in [0.2, 0.25) is 11.7 Å². The molecule has 2 aliphatic heterocycles. The number of carbonyl (C=O) groups excluding carboxylic acids is 3. The number of anilines is 1. The predicted octanol–water partition coefficient (Wildman–Crippen LogP) is 4.33. The van der Waals surface area contributed by atoms with E-state index in [4.69, 9.17) is 14.2 Å². The SMILES string of the molecule is COc1cc(C(=O)C(=O)N2CC[C@H](c3ccccc3)C2C(=O)N2CCN(c3ccccc3C)C(C)C2)cc(OC)c1OC. The first kappa shape index (κ1) is 29.9. The topological polar surface area (TPSA) is 88.6 Å². The standard InChI is InChI=1S/C34H39N3O6/c1-22-11-9-10-14-27(22)36-18-17-35(21-23(36)2)33(39)30-26(24-12-7-6-8-13-24)15-16-37(30)34(40)31(38)25-19-28(41-3)32(43-5)29(20-25)42-4/h6-14,19-20,23,26,30H,15-18,21H2,1-5H3/t23?,26-,30?/m1/s1. The third kappa shape index (κ3) is 5.76. The van der Waals surface area contributed by atoms with Gasteiger partial charge in [0.05, 0.1) is 21.3 Å². The Morgan fingerprint density at radius 3 is 2.07 bits per heavy atom. The minimum Gasteiger partial charge on any atom is -0.493 e. The highest BCUT2D eigenvalue weighted by atomic mass is 16.5. The van der Waals surface area contributed by atoms with E-state index in [0.29, 0.717) is 38.3 Å². The van der Waals surface area contributed by atoms with Gasteiger partial charge in [-0.25, -0.2) is 0 Å². The van der Waals surface area contributed by atoms with E-state index in [1.165, 1.54) is 43.9 Å². The number of methoxy groups -OCH3 is 3. The molecule has 9 nitrogen and oxygen atoms in total. The van der Waals surface area contributed by atoms with E-state index >= 15 is 0 Å². The number of amides is 2. The largest absolute Gasteiger partial charge is 0.493 e. The molecule has 0 spiro atoms. The van der Waals surface area contributed by atoms with Gasteiger partial charge in [-0.15, -0.1) is 0 Å². The van der Waals surface area contributed by atoms with Crippen LogP contribution in [-0.4, -0.2) is 87.0 Å². The van der Waals surface area contributed by atoms with Gasteiger partial charge in [-0.3, -0.25) is 14.4 Å². The molecule has 2 unspecified atom stereocenters. The van der Waals surface area contributed by atoms with E-state index in [1.807, 2.05) is 47.4 Å². The number of hydrogen-bond donors (Lipinski definition) is 0. The lowest BCUT2D eigenvalue weighted by Gasteiger charge is -2.43. The average molecular weight is 586 g/mol. The summed E-state index contributed by atoms with van der Waals surface area (Å²) in [6, 6.07) is 20.3. The Morgan fingerprint density at radius 1 is 0.814 bits per heavy atom. The molecule has 2 aliphatic rings. The maximum Gasteiger partial charge on any atom is 0.295 e. The second-order valence-corrected chi connectivity index (χ2v) is 11.1. The van der Waals surface area contributed by atoms with Gasteiger partial charge < -0.3 is 28.9 Å². The molecule has 0 N–H and O–H groups in total. The summed E-state index contributed by atoms with van der Waals surface area (Å²) < 4.78 is 16.2. The molecule has 0 radical (unpaired) electrons. The number of carbonyl (C=O) groups is 3. The molecule has 0 aromatic heterocycles. The van der Waals surface area contributed by atoms with Gasteiger partial charge in [-0.1, -0.05) is 48.5 Å². The van der Waals surface area contributed by atoms with Crippen molar-refractivity contribution in [2.45, 2.75) is 38.3 Å².